The summed E-state index contributed by atoms with van der Waals surface area (Å²) in [6, 6.07) is 17.2. The number of furan rings is 1. The normalized spacial score (nSPS) is 13.8. The van der Waals surface area contributed by atoms with Crippen LogP contribution < -0.4 is 15.5 Å². The zero-order chi connectivity index (χ0) is 23.2. The van der Waals surface area contributed by atoms with Crippen LogP contribution in [0.5, 0.6) is 0 Å². The van der Waals surface area contributed by atoms with Gasteiger partial charge in [-0.15, -0.1) is 0 Å². The number of nitrogens with zero attached hydrogens (tertiary/aromatic N) is 1. The predicted molar refractivity (Wildman–Crippen MR) is 137 cm³/mol. The van der Waals surface area contributed by atoms with Crippen molar-refractivity contribution >= 4 is 52.3 Å². The first-order valence-electron chi connectivity index (χ1n) is 10.6. The summed E-state index contributed by atoms with van der Waals surface area (Å²) < 4.78 is 11.2. The van der Waals surface area contributed by atoms with Crippen LogP contribution in [0.3, 0.4) is 0 Å². The van der Waals surface area contributed by atoms with Gasteiger partial charge in [-0.05, 0) is 61.1 Å². The molecule has 0 radical (unpaired) electrons. The van der Waals surface area contributed by atoms with Gasteiger partial charge in [0.2, 0.25) is 5.91 Å². The molecule has 0 saturated carbocycles. The van der Waals surface area contributed by atoms with E-state index in [9.17, 15) is 4.79 Å². The van der Waals surface area contributed by atoms with Crippen molar-refractivity contribution in [2.75, 3.05) is 36.5 Å². The van der Waals surface area contributed by atoms with Crippen LogP contribution in [0.1, 0.15) is 11.3 Å². The Morgan fingerprint density at radius 2 is 1.91 bits per heavy atom. The summed E-state index contributed by atoms with van der Waals surface area (Å²) in [5, 5.41) is 6.69. The molecule has 0 bridgehead atoms. The third-order valence-electron chi connectivity index (χ3n) is 5.22. The van der Waals surface area contributed by atoms with Crippen LogP contribution in [0.15, 0.2) is 65.1 Å². The predicted octanol–water partition coefficient (Wildman–Crippen LogP) is 5.27. The lowest BCUT2D eigenvalue weighted by molar-refractivity contribution is -0.115. The van der Waals surface area contributed by atoms with Gasteiger partial charge in [0.05, 0.1) is 24.6 Å². The number of thiocarbonyl (C=S) groups is 1. The third kappa shape index (κ3) is 6.01. The quantitative estimate of drug-likeness (QED) is 0.382. The molecule has 1 aliphatic heterocycles. The van der Waals surface area contributed by atoms with E-state index in [1.54, 1.807) is 12.1 Å². The Morgan fingerprint density at radius 3 is 2.70 bits per heavy atom. The first-order chi connectivity index (χ1) is 16.0. The Bertz CT molecular complexity index is 1190. The highest BCUT2D eigenvalue weighted by atomic mass is 35.5. The van der Waals surface area contributed by atoms with Gasteiger partial charge in [0.1, 0.15) is 11.5 Å². The maximum atomic E-state index is 12.4. The number of para-hydroxylation sites is 2. The number of hydrogen-bond donors (Lipinski definition) is 2. The van der Waals surface area contributed by atoms with E-state index in [1.807, 2.05) is 55.5 Å². The van der Waals surface area contributed by atoms with E-state index in [-0.39, 0.29) is 11.0 Å². The van der Waals surface area contributed by atoms with Crippen LogP contribution in [0, 0.1) is 6.92 Å². The lowest BCUT2D eigenvalue weighted by Gasteiger charge is -2.30. The van der Waals surface area contributed by atoms with Gasteiger partial charge in [-0.2, -0.15) is 0 Å². The first-order valence-corrected chi connectivity index (χ1v) is 11.4. The minimum absolute atomic E-state index is 0.222. The van der Waals surface area contributed by atoms with Crippen LogP contribution in [0.25, 0.3) is 17.4 Å². The second kappa shape index (κ2) is 10.7. The van der Waals surface area contributed by atoms with Crippen molar-refractivity contribution in [1.29, 1.82) is 0 Å². The average Bonchev–Trinajstić information content (AvgIpc) is 3.29. The average molecular weight is 482 g/mol. The molecule has 0 unspecified atom stereocenters. The number of nitrogens with one attached hydrogen (secondary N) is 2. The van der Waals surface area contributed by atoms with Crippen molar-refractivity contribution in [2.24, 2.45) is 0 Å². The minimum atomic E-state index is -0.354. The second-order valence-corrected chi connectivity index (χ2v) is 8.37. The van der Waals surface area contributed by atoms with E-state index < -0.39 is 0 Å². The third-order valence-corrected chi connectivity index (χ3v) is 5.83. The standard InChI is InChI=1S/C25H24ClN3O3S/c1-17-6-7-18(16-20(17)26)23-10-8-19(32-23)9-11-24(30)28-25(33)27-21-4-2-3-5-22(21)29-12-14-31-15-13-29/h2-11,16H,12-15H2,1H3,(H2,27,28,30,33)/b11-9+. The fourth-order valence-corrected chi connectivity index (χ4v) is 3.86. The highest BCUT2D eigenvalue weighted by Gasteiger charge is 2.15. The molecule has 6 nitrogen and oxygen atoms in total. The van der Waals surface area contributed by atoms with Gasteiger partial charge >= 0.3 is 0 Å². The summed E-state index contributed by atoms with van der Waals surface area (Å²) in [5.41, 5.74) is 3.73. The van der Waals surface area contributed by atoms with Crippen LogP contribution >= 0.6 is 23.8 Å². The molecule has 2 heterocycles. The van der Waals surface area contributed by atoms with Gasteiger partial charge in [-0.25, -0.2) is 0 Å². The molecule has 0 aliphatic carbocycles. The van der Waals surface area contributed by atoms with Crippen molar-refractivity contribution in [2.45, 2.75) is 6.92 Å². The molecule has 4 rings (SSSR count). The molecular formula is C25H24ClN3O3S. The van der Waals surface area contributed by atoms with E-state index in [0.29, 0.717) is 29.8 Å². The summed E-state index contributed by atoms with van der Waals surface area (Å²) in [6.07, 6.45) is 2.98. The molecule has 170 valence electrons. The van der Waals surface area contributed by atoms with Gasteiger partial charge in [-0.3, -0.25) is 10.1 Å². The van der Waals surface area contributed by atoms with Crippen LogP contribution in [0.2, 0.25) is 5.02 Å². The Hall–Kier alpha value is -3.13. The number of carbonyl (C=O) groups excluding carboxylic acids is 1. The fourth-order valence-electron chi connectivity index (χ4n) is 3.47. The summed E-state index contributed by atoms with van der Waals surface area (Å²) in [5.74, 6) is 0.870. The number of hydrogen-bond acceptors (Lipinski definition) is 5. The zero-order valence-electron chi connectivity index (χ0n) is 18.1. The van der Waals surface area contributed by atoms with Crippen LogP contribution in [-0.4, -0.2) is 37.3 Å². The van der Waals surface area contributed by atoms with E-state index >= 15 is 0 Å². The molecule has 1 saturated heterocycles. The van der Waals surface area contributed by atoms with E-state index in [2.05, 4.69) is 15.5 Å². The van der Waals surface area contributed by atoms with E-state index in [4.69, 9.17) is 33.0 Å². The Labute approximate surface area is 203 Å². The molecule has 33 heavy (non-hydrogen) atoms. The number of halogens is 1. The van der Waals surface area contributed by atoms with Gasteiger partial charge in [0, 0.05) is 29.8 Å². The first kappa shape index (κ1) is 23.0. The molecule has 1 aromatic heterocycles. The lowest BCUT2D eigenvalue weighted by atomic mass is 10.1. The highest BCUT2D eigenvalue weighted by molar-refractivity contribution is 7.80. The Kier molecular flexibility index (Phi) is 7.44. The monoisotopic (exact) mass is 481 g/mol. The highest BCUT2D eigenvalue weighted by Crippen LogP contribution is 2.28. The molecule has 8 heteroatoms. The number of benzene rings is 2. The summed E-state index contributed by atoms with van der Waals surface area (Å²) in [4.78, 5) is 14.6. The van der Waals surface area contributed by atoms with Crippen molar-refractivity contribution in [3.8, 4) is 11.3 Å². The number of carbonyl (C=O) groups is 1. The fraction of sp³-hybridized carbons (Fsp3) is 0.200. The number of amides is 1. The zero-order valence-corrected chi connectivity index (χ0v) is 19.7. The maximum absolute atomic E-state index is 12.4. The van der Waals surface area contributed by atoms with E-state index in [0.717, 1.165) is 35.6 Å². The van der Waals surface area contributed by atoms with Crippen molar-refractivity contribution < 1.29 is 13.9 Å². The van der Waals surface area contributed by atoms with Gasteiger partial charge in [0.15, 0.2) is 5.11 Å². The second-order valence-electron chi connectivity index (χ2n) is 7.56. The molecule has 3 aromatic rings. The Morgan fingerprint density at radius 1 is 1.12 bits per heavy atom. The number of anilines is 2. The minimum Gasteiger partial charge on any atom is -0.457 e. The molecule has 2 aromatic carbocycles. The summed E-state index contributed by atoms with van der Waals surface area (Å²) in [6.45, 7) is 4.93. The van der Waals surface area contributed by atoms with E-state index in [1.165, 1.54) is 6.08 Å². The topological polar surface area (TPSA) is 66.7 Å². The summed E-state index contributed by atoms with van der Waals surface area (Å²) >= 11 is 11.5. The molecular weight excluding hydrogens is 458 g/mol. The lowest BCUT2D eigenvalue weighted by Crippen LogP contribution is -2.37. The van der Waals surface area contributed by atoms with Gasteiger partial charge in [-0.1, -0.05) is 35.9 Å². The molecule has 0 atom stereocenters. The number of morpholine rings is 1. The molecule has 1 fully saturated rings. The van der Waals surface area contributed by atoms with Gasteiger partial charge in [0.25, 0.3) is 0 Å². The van der Waals surface area contributed by atoms with Crippen molar-refractivity contribution in [1.82, 2.24) is 5.32 Å². The maximum Gasteiger partial charge on any atom is 0.250 e. The molecule has 1 amide bonds. The number of rotatable bonds is 5. The van der Waals surface area contributed by atoms with Gasteiger partial charge < -0.3 is 19.4 Å². The molecule has 0 spiro atoms. The Balaban J connectivity index is 1.35. The van der Waals surface area contributed by atoms with Crippen molar-refractivity contribution in [3.63, 3.8) is 0 Å². The largest absolute Gasteiger partial charge is 0.457 e. The smallest absolute Gasteiger partial charge is 0.250 e. The number of aryl methyl sites for hydroxylation is 1. The molecule has 1 aliphatic rings. The molecule has 2 N–H and O–H groups in total. The van der Waals surface area contributed by atoms with Crippen LogP contribution in [-0.2, 0) is 9.53 Å². The SMILES string of the molecule is Cc1ccc(-c2ccc(/C=C/C(=O)NC(=S)Nc3ccccc3N3CCOCC3)o2)cc1Cl. The summed E-state index contributed by atoms with van der Waals surface area (Å²) in [7, 11) is 0. The number of ether oxygens (including phenoxy) is 1. The van der Waals surface area contributed by atoms with Crippen molar-refractivity contribution in [3.05, 3.63) is 77.0 Å². The van der Waals surface area contributed by atoms with Crippen LogP contribution in [0.4, 0.5) is 11.4 Å².